The number of pyridine rings is 1. The molecule has 33 heavy (non-hydrogen) atoms. The molecule has 3 rings (SSSR count). The highest BCUT2D eigenvalue weighted by molar-refractivity contribution is 5.94. The quantitative estimate of drug-likeness (QED) is 0.369. The van der Waals surface area contributed by atoms with Gasteiger partial charge in [0.2, 0.25) is 0 Å². The molecule has 172 valence electrons. The number of rotatable bonds is 12. The third kappa shape index (κ3) is 7.75. The zero-order chi connectivity index (χ0) is 23.5. The van der Waals surface area contributed by atoms with Gasteiger partial charge in [0.15, 0.2) is 0 Å². The van der Waals surface area contributed by atoms with Gasteiger partial charge in [-0.15, -0.1) is 0 Å². The van der Waals surface area contributed by atoms with Gasteiger partial charge < -0.3 is 15.5 Å². The van der Waals surface area contributed by atoms with Crippen LogP contribution in [0.5, 0.6) is 0 Å². The van der Waals surface area contributed by atoms with Crippen molar-refractivity contribution in [2.24, 2.45) is 0 Å². The number of likely N-dealkylation sites (N-methyl/N-ethyl adjacent to an activating group) is 1. The normalized spacial score (nSPS) is 10.6. The topological polar surface area (TPSA) is 78.5 Å². The molecule has 0 radical (unpaired) electrons. The Kier molecular flexibility index (Phi) is 8.99. The molecule has 0 fully saturated rings. The van der Waals surface area contributed by atoms with Gasteiger partial charge >= 0.3 is 0 Å². The minimum absolute atomic E-state index is 0.0923. The molecule has 2 aromatic carbocycles. The predicted octanol–water partition coefficient (Wildman–Crippen LogP) is 3.68. The van der Waals surface area contributed by atoms with Gasteiger partial charge in [0.25, 0.3) is 5.91 Å². The molecule has 0 unspecified atom stereocenters. The van der Waals surface area contributed by atoms with Crippen molar-refractivity contribution in [2.75, 3.05) is 32.5 Å². The van der Waals surface area contributed by atoms with Crippen LogP contribution in [0.25, 0.3) is 5.70 Å². The molecule has 1 heterocycles. The molecule has 0 saturated heterocycles. The summed E-state index contributed by atoms with van der Waals surface area (Å²) in [5.41, 5.74) is 8.08. The number of hydrogen-bond donors (Lipinski definition) is 3. The van der Waals surface area contributed by atoms with Crippen LogP contribution in [0.3, 0.4) is 0 Å². The van der Waals surface area contributed by atoms with Gasteiger partial charge in [0, 0.05) is 48.8 Å². The van der Waals surface area contributed by atoms with Crippen LogP contribution in [-0.2, 0) is 18.0 Å². The van der Waals surface area contributed by atoms with E-state index in [9.17, 15) is 4.79 Å². The Morgan fingerprint density at radius 2 is 1.82 bits per heavy atom. The molecule has 0 saturated carbocycles. The standard InChI is InChI=1S/C26H31N5O2/c1-20(24-9-4-5-10-25(24)29-18-21-11-13-27-14-12-21)30-33-19-22-7-6-8-23(17-22)26(32)28-15-16-31(2)3/h4-14,17,29-30H,1,15-16,18-19H2,2-3H3,(H,28,32). The number of anilines is 1. The molecule has 7 heteroatoms. The summed E-state index contributed by atoms with van der Waals surface area (Å²) in [5.74, 6) is -0.0923. The van der Waals surface area contributed by atoms with Gasteiger partial charge in [-0.05, 0) is 55.6 Å². The van der Waals surface area contributed by atoms with Crippen molar-refractivity contribution >= 4 is 17.3 Å². The first-order valence-electron chi connectivity index (χ1n) is 10.8. The highest BCUT2D eigenvalue weighted by Crippen LogP contribution is 2.22. The van der Waals surface area contributed by atoms with Gasteiger partial charge in [0.05, 0.1) is 12.3 Å². The summed E-state index contributed by atoms with van der Waals surface area (Å²) in [5, 5.41) is 6.35. The Morgan fingerprint density at radius 1 is 1.03 bits per heavy atom. The van der Waals surface area contributed by atoms with Gasteiger partial charge in [-0.2, -0.15) is 0 Å². The Labute approximate surface area is 195 Å². The average Bonchev–Trinajstić information content (AvgIpc) is 2.83. The second-order valence-electron chi connectivity index (χ2n) is 7.88. The Bertz CT molecular complexity index is 1050. The van der Waals surface area contributed by atoms with Crippen molar-refractivity contribution in [3.63, 3.8) is 0 Å². The molecule has 3 aromatic rings. The first-order chi connectivity index (χ1) is 16.0. The second kappa shape index (κ2) is 12.4. The van der Waals surface area contributed by atoms with E-state index in [0.717, 1.165) is 28.9 Å². The minimum atomic E-state index is -0.0923. The van der Waals surface area contributed by atoms with E-state index >= 15 is 0 Å². The predicted molar refractivity (Wildman–Crippen MR) is 132 cm³/mol. The number of hydrogen-bond acceptors (Lipinski definition) is 6. The number of amides is 1. The fourth-order valence-corrected chi connectivity index (χ4v) is 3.16. The first-order valence-corrected chi connectivity index (χ1v) is 10.8. The molecule has 1 amide bonds. The number of nitrogens with one attached hydrogen (secondary N) is 3. The van der Waals surface area contributed by atoms with Gasteiger partial charge in [-0.1, -0.05) is 36.9 Å². The van der Waals surface area contributed by atoms with Crippen LogP contribution in [-0.4, -0.2) is 43.0 Å². The van der Waals surface area contributed by atoms with E-state index in [4.69, 9.17) is 4.84 Å². The van der Waals surface area contributed by atoms with Crippen molar-refractivity contribution in [1.82, 2.24) is 20.7 Å². The summed E-state index contributed by atoms with van der Waals surface area (Å²) < 4.78 is 0. The van der Waals surface area contributed by atoms with Crippen LogP contribution in [0, 0.1) is 0 Å². The molecular formula is C26H31N5O2. The molecule has 0 spiro atoms. The molecule has 0 aliphatic carbocycles. The number of benzene rings is 2. The molecule has 0 bridgehead atoms. The molecule has 0 aliphatic rings. The van der Waals surface area contributed by atoms with Crippen LogP contribution >= 0.6 is 0 Å². The molecule has 0 aliphatic heterocycles. The van der Waals surface area contributed by atoms with E-state index in [1.54, 1.807) is 18.5 Å². The molecule has 7 nitrogen and oxygen atoms in total. The lowest BCUT2D eigenvalue weighted by Gasteiger charge is -2.15. The van der Waals surface area contributed by atoms with Crippen molar-refractivity contribution in [3.8, 4) is 0 Å². The third-order valence-electron chi connectivity index (χ3n) is 4.95. The maximum Gasteiger partial charge on any atom is 0.251 e. The van der Waals surface area contributed by atoms with E-state index in [2.05, 4.69) is 27.7 Å². The second-order valence-corrected chi connectivity index (χ2v) is 7.88. The summed E-state index contributed by atoms with van der Waals surface area (Å²) in [6, 6.07) is 19.3. The fourth-order valence-electron chi connectivity index (χ4n) is 3.16. The average molecular weight is 446 g/mol. The fraction of sp³-hybridized carbons (Fsp3) is 0.231. The Balaban J connectivity index is 1.52. The van der Waals surface area contributed by atoms with Crippen LogP contribution in [0.2, 0.25) is 0 Å². The zero-order valence-electron chi connectivity index (χ0n) is 19.2. The SMILES string of the molecule is C=C(NOCc1cccc(C(=O)NCCN(C)C)c1)c1ccccc1NCc1ccncc1. The lowest BCUT2D eigenvalue weighted by atomic mass is 10.1. The van der Waals surface area contributed by atoms with E-state index in [0.29, 0.717) is 31.0 Å². The van der Waals surface area contributed by atoms with Crippen molar-refractivity contribution in [3.05, 3.63) is 102 Å². The number of carbonyl (C=O) groups is 1. The lowest BCUT2D eigenvalue weighted by Crippen LogP contribution is -2.31. The summed E-state index contributed by atoms with van der Waals surface area (Å²) in [6.45, 7) is 6.48. The van der Waals surface area contributed by atoms with Gasteiger partial charge in [0.1, 0.15) is 0 Å². The van der Waals surface area contributed by atoms with E-state index in [1.165, 1.54) is 0 Å². The summed E-state index contributed by atoms with van der Waals surface area (Å²) in [7, 11) is 3.95. The molecule has 1 aromatic heterocycles. The van der Waals surface area contributed by atoms with E-state index < -0.39 is 0 Å². The first kappa shape index (κ1) is 24.0. The number of carbonyl (C=O) groups excluding carboxylic acids is 1. The smallest absolute Gasteiger partial charge is 0.251 e. The maximum atomic E-state index is 12.3. The number of para-hydroxylation sites is 1. The monoisotopic (exact) mass is 445 g/mol. The van der Waals surface area contributed by atoms with Crippen molar-refractivity contribution in [1.29, 1.82) is 0 Å². The summed E-state index contributed by atoms with van der Waals surface area (Å²) in [6.07, 6.45) is 3.55. The summed E-state index contributed by atoms with van der Waals surface area (Å²) >= 11 is 0. The van der Waals surface area contributed by atoms with Crippen LogP contribution in [0.1, 0.15) is 27.0 Å². The molecular weight excluding hydrogens is 414 g/mol. The molecule has 0 atom stereocenters. The minimum Gasteiger partial charge on any atom is -0.380 e. The Morgan fingerprint density at radius 3 is 2.61 bits per heavy atom. The van der Waals surface area contributed by atoms with Crippen LogP contribution in [0.15, 0.2) is 79.6 Å². The highest BCUT2D eigenvalue weighted by atomic mass is 16.6. The summed E-state index contributed by atoms with van der Waals surface area (Å²) in [4.78, 5) is 24.1. The van der Waals surface area contributed by atoms with Crippen LogP contribution < -0.4 is 16.1 Å². The Hall–Kier alpha value is -3.68. The van der Waals surface area contributed by atoms with Gasteiger partial charge in [-0.3, -0.25) is 20.1 Å². The number of hydroxylamine groups is 1. The zero-order valence-corrected chi connectivity index (χ0v) is 19.2. The largest absolute Gasteiger partial charge is 0.380 e. The van der Waals surface area contributed by atoms with Crippen molar-refractivity contribution in [2.45, 2.75) is 13.2 Å². The van der Waals surface area contributed by atoms with Gasteiger partial charge in [-0.25, -0.2) is 0 Å². The van der Waals surface area contributed by atoms with Crippen LogP contribution in [0.4, 0.5) is 5.69 Å². The number of nitrogens with zero attached hydrogens (tertiary/aromatic N) is 2. The molecule has 3 N–H and O–H groups in total. The number of aromatic nitrogens is 1. The third-order valence-corrected chi connectivity index (χ3v) is 4.95. The highest BCUT2D eigenvalue weighted by Gasteiger charge is 2.08. The maximum absolute atomic E-state index is 12.3. The van der Waals surface area contributed by atoms with E-state index in [-0.39, 0.29) is 5.91 Å². The van der Waals surface area contributed by atoms with E-state index in [1.807, 2.05) is 73.6 Å². The van der Waals surface area contributed by atoms with Crippen molar-refractivity contribution < 1.29 is 9.63 Å². The lowest BCUT2D eigenvalue weighted by molar-refractivity contribution is 0.0647.